The largest absolute Gasteiger partial charge is 0.463 e. The van der Waals surface area contributed by atoms with Crippen LogP contribution in [0.4, 0.5) is 0 Å². The van der Waals surface area contributed by atoms with Crippen LogP contribution in [0, 0.1) is 0 Å². The molecule has 0 radical (unpaired) electrons. The molecular formula is C16H21NO4. The Labute approximate surface area is 125 Å². The van der Waals surface area contributed by atoms with Crippen LogP contribution in [0.1, 0.15) is 12.5 Å². The zero-order valence-corrected chi connectivity index (χ0v) is 12.6. The molecule has 5 nitrogen and oxygen atoms in total. The molecule has 0 aliphatic rings. The van der Waals surface area contributed by atoms with E-state index in [-0.39, 0.29) is 13.2 Å². The van der Waals surface area contributed by atoms with Gasteiger partial charge in [0.05, 0.1) is 13.2 Å². The molecule has 114 valence electrons. The lowest BCUT2D eigenvalue weighted by Gasteiger charge is -2.31. The number of likely N-dealkylation sites (N-methyl/N-ethyl adjacent to an activating group) is 1. The third-order valence-corrected chi connectivity index (χ3v) is 2.93. The highest BCUT2D eigenvalue weighted by atomic mass is 16.5. The average Bonchev–Trinajstić information content (AvgIpc) is 2.49. The number of carbonyl (C=O) groups is 2. The van der Waals surface area contributed by atoms with Crippen LogP contribution in [0.15, 0.2) is 42.5 Å². The monoisotopic (exact) mass is 291 g/mol. The lowest BCUT2D eigenvalue weighted by Crippen LogP contribution is -2.46. The summed E-state index contributed by atoms with van der Waals surface area (Å²) in [6.07, 6.45) is 3.27. The number of carbonyl (C=O) groups excluding carboxylic acids is 2. The summed E-state index contributed by atoms with van der Waals surface area (Å²) in [6, 6.07) is 9.50. The minimum atomic E-state index is -1.30. The molecule has 0 aliphatic heterocycles. The molecule has 0 aliphatic carbocycles. The molecule has 0 aromatic heterocycles. The first-order valence-electron chi connectivity index (χ1n) is 6.71. The number of benzene rings is 1. The van der Waals surface area contributed by atoms with Crippen LogP contribution in [0.2, 0.25) is 0 Å². The Bertz CT molecular complexity index is 484. The van der Waals surface area contributed by atoms with Gasteiger partial charge in [0, 0.05) is 6.08 Å². The summed E-state index contributed by atoms with van der Waals surface area (Å²) in [5, 5.41) is 0. The van der Waals surface area contributed by atoms with E-state index in [0.29, 0.717) is 6.29 Å². The van der Waals surface area contributed by atoms with Gasteiger partial charge in [0.15, 0.2) is 12.0 Å². The fourth-order valence-electron chi connectivity index (χ4n) is 1.66. The first-order chi connectivity index (χ1) is 10.0. The molecule has 1 unspecified atom stereocenters. The van der Waals surface area contributed by atoms with Gasteiger partial charge in [-0.2, -0.15) is 0 Å². The molecule has 0 fully saturated rings. The molecular weight excluding hydrogens is 270 g/mol. The van der Waals surface area contributed by atoms with Gasteiger partial charge < -0.3 is 9.47 Å². The van der Waals surface area contributed by atoms with Gasteiger partial charge in [-0.05, 0) is 32.7 Å². The van der Waals surface area contributed by atoms with Crippen molar-refractivity contribution in [1.82, 2.24) is 4.90 Å². The molecule has 1 aromatic rings. The van der Waals surface area contributed by atoms with Crippen molar-refractivity contribution < 1.29 is 19.1 Å². The van der Waals surface area contributed by atoms with Gasteiger partial charge in [0.2, 0.25) is 0 Å². The van der Waals surface area contributed by atoms with Gasteiger partial charge in [-0.25, -0.2) is 4.79 Å². The van der Waals surface area contributed by atoms with E-state index in [4.69, 9.17) is 9.47 Å². The van der Waals surface area contributed by atoms with Crippen molar-refractivity contribution in [2.75, 3.05) is 20.7 Å². The molecule has 1 aromatic carbocycles. The Hall–Kier alpha value is -1.98. The number of esters is 1. The van der Waals surface area contributed by atoms with Crippen molar-refractivity contribution in [3.05, 3.63) is 48.0 Å². The fraction of sp³-hybridized carbons (Fsp3) is 0.375. The van der Waals surface area contributed by atoms with E-state index < -0.39 is 11.7 Å². The van der Waals surface area contributed by atoms with Crippen LogP contribution in [-0.4, -0.2) is 43.6 Å². The smallest absolute Gasteiger partial charge is 0.330 e. The maximum absolute atomic E-state index is 11.5. The molecule has 1 atom stereocenters. The third kappa shape index (κ3) is 5.13. The molecule has 0 amide bonds. The van der Waals surface area contributed by atoms with E-state index in [2.05, 4.69) is 0 Å². The van der Waals surface area contributed by atoms with Crippen LogP contribution in [-0.2, 0) is 25.7 Å². The van der Waals surface area contributed by atoms with Crippen molar-refractivity contribution in [2.24, 2.45) is 0 Å². The predicted octanol–water partition coefficient (Wildman–Crippen LogP) is 1.78. The van der Waals surface area contributed by atoms with Crippen molar-refractivity contribution in [3.63, 3.8) is 0 Å². The summed E-state index contributed by atoms with van der Waals surface area (Å²) >= 11 is 0. The predicted molar refractivity (Wildman–Crippen MR) is 79.5 cm³/mol. The van der Waals surface area contributed by atoms with Gasteiger partial charge in [0.25, 0.3) is 0 Å². The van der Waals surface area contributed by atoms with E-state index in [9.17, 15) is 9.59 Å². The number of nitrogens with zero attached hydrogens (tertiary/aromatic N) is 1. The van der Waals surface area contributed by atoms with Gasteiger partial charge in [-0.15, -0.1) is 0 Å². The number of ether oxygens (including phenoxy) is 2. The normalized spacial score (nSPS) is 14.1. The SMILES string of the molecule is CCOC(=O)C=CC(C=O)(OCc1ccccc1)N(C)C. The third-order valence-electron chi connectivity index (χ3n) is 2.93. The minimum Gasteiger partial charge on any atom is -0.463 e. The maximum atomic E-state index is 11.5. The quantitative estimate of drug-likeness (QED) is 0.316. The first kappa shape index (κ1) is 17.1. The summed E-state index contributed by atoms with van der Waals surface area (Å²) in [5.41, 5.74) is -0.363. The second-order valence-electron chi connectivity index (χ2n) is 4.62. The average molecular weight is 291 g/mol. The summed E-state index contributed by atoms with van der Waals surface area (Å²) in [7, 11) is 3.41. The molecule has 0 saturated heterocycles. The highest BCUT2D eigenvalue weighted by molar-refractivity contribution is 5.83. The topological polar surface area (TPSA) is 55.8 Å². The number of hydrogen-bond donors (Lipinski definition) is 0. The summed E-state index contributed by atoms with van der Waals surface area (Å²) in [6.45, 7) is 2.26. The van der Waals surface area contributed by atoms with Crippen LogP contribution >= 0.6 is 0 Å². The molecule has 0 bridgehead atoms. The Balaban J connectivity index is 2.83. The standard InChI is InChI=1S/C16H21NO4/c1-4-20-15(19)10-11-16(13-18,17(2)3)21-12-14-8-6-5-7-9-14/h5-11,13H,4,12H2,1-3H3. The second-order valence-corrected chi connectivity index (χ2v) is 4.62. The van der Waals surface area contributed by atoms with Crippen LogP contribution < -0.4 is 0 Å². The highest BCUT2D eigenvalue weighted by Gasteiger charge is 2.30. The summed E-state index contributed by atoms with van der Waals surface area (Å²) in [5.74, 6) is -0.506. The minimum absolute atomic E-state index is 0.255. The lowest BCUT2D eigenvalue weighted by atomic mass is 10.2. The van der Waals surface area contributed by atoms with Crippen LogP contribution in [0.25, 0.3) is 0 Å². The van der Waals surface area contributed by atoms with Crippen molar-refractivity contribution in [3.8, 4) is 0 Å². The summed E-state index contributed by atoms with van der Waals surface area (Å²) in [4.78, 5) is 24.5. The van der Waals surface area contributed by atoms with E-state index in [1.165, 1.54) is 12.2 Å². The van der Waals surface area contributed by atoms with Crippen LogP contribution in [0.3, 0.4) is 0 Å². The highest BCUT2D eigenvalue weighted by Crippen LogP contribution is 2.16. The van der Waals surface area contributed by atoms with Gasteiger partial charge in [-0.1, -0.05) is 30.3 Å². The molecule has 0 N–H and O–H groups in total. The van der Waals surface area contributed by atoms with Crippen LogP contribution in [0.5, 0.6) is 0 Å². The molecule has 0 spiro atoms. The molecule has 0 heterocycles. The van der Waals surface area contributed by atoms with E-state index in [1.54, 1.807) is 25.9 Å². The Morgan fingerprint density at radius 1 is 1.29 bits per heavy atom. The Kier molecular flexibility index (Phi) is 6.78. The lowest BCUT2D eigenvalue weighted by molar-refractivity contribution is -0.147. The number of aldehydes is 1. The first-order valence-corrected chi connectivity index (χ1v) is 6.71. The van der Waals surface area contributed by atoms with E-state index in [0.717, 1.165) is 5.56 Å². The maximum Gasteiger partial charge on any atom is 0.330 e. The van der Waals surface area contributed by atoms with E-state index in [1.807, 2.05) is 30.3 Å². The Morgan fingerprint density at radius 3 is 2.48 bits per heavy atom. The molecule has 5 heteroatoms. The molecule has 0 saturated carbocycles. The molecule has 1 rings (SSSR count). The van der Waals surface area contributed by atoms with Gasteiger partial charge in [0.1, 0.15) is 0 Å². The van der Waals surface area contributed by atoms with Crippen molar-refractivity contribution in [1.29, 1.82) is 0 Å². The number of rotatable bonds is 8. The number of hydrogen-bond acceptors (Lipinski definition) is 5. The second kappa shape index (κ2) is 8.34. The summed E-state index contributed by atoms with van der Waals surface area (Å²) < 4.78 is 10.5. The molecule has 21 heavy (non-hydrogen) atoms. The fourth-order valence-corrected chi connectivity index (χ4v) is 1.66. The van der Waals surface area contributed by atoms with Crippen molar-refractivity contribution in [2.45, 2.75) is 19.3 Å². The van der Waals surface area contributed by atoms with Crippen molar-refractivity contribution >= 4 is 12.3 Å². The Morgan fingerprint density at radius 2 is 1.95 bits per heavy atom. The van der Waals surface area contributed by atoms with Gasteiger partial charge >= 0.3 is 5.97 Å². The van der Waals surface area contributed by atoms with E-state index >= 15 is 0 Å². The zero-order valence-electron chi connectivity index (χ0n) is 12.6. The van der Waals surface area contributed by atoms with Gasteiger partial charge in [-0.3, -0.25) is 9.69 Å². The zero-order chi connectivity index (χ0) is 15.7.